The minimum atomic E-state index is -0.169. The Bertz CT molecular complexity index is 560. The van der Waals surface area contributed by atoms with E-state index in [9.17, 15) is 9.50 Å². The molecule has 0 heterocycles. The molecule has 0 aliphatic heterocycles. The van der Waals surface area contributed by atoms with Crippen molar-refractivity contribution in [1.29, 1.82) is 0 Å². The summed E-state index contributed by atoms with van der Waals surface area (Å²) in [4.78, 5) is 0. The molecule has 0 fully saturated rings. The van der Waals surface area contributed by atoms with Crippen LogP contribution in [0.3, 0.4) is 0 Å². The van der Waals surface area contributed by atoms with Gasteiger partial charge in [0.15, 0.2) is 0 Å². The first-order valence-corrected chi connectivity index (χ1v) is 6.46. The second-order valence-electron chi connectivity index (χ2n) is 4.30. The largest absolute Gasteiger partial charge is 0.506 e. The lowest BCUT2D eigenvalue weighted by atomic mass is 10.1. The molecule has 0 saturated heterocycles. The van der Waals surface area contributed by atoms with E-state index in [-0.39, 0.29) is 11.6 Å². The van der Waals surface area contributed by atoms with Crippen LogP contribution in [0, 0.1) is 5.82 Å². The standard InChI is InChI=1S/C15H15ClFNO/c16-13-9-11(5-6-15(13)19)10-18-8-7-12-3-1-2-4-14(12)17/h1-6,9,18-19H,7-8,10H2. The van der Waals surface area contributed by atoms with Gasteiger partial charge in [0.05, 0.1) is 5.02 Å². The summed E-state index contributed by atoms with van der Waals surface area (Å²) in [5.74, 6) is -0.0891. The van der Waals surface area contributed by atoms with Crippen LogP contribution in [0.1, 0.15) is 11.1 Å². The van der Waals surface area contributed by atoms with Crippen molar-refractivity contribution in [3.63, 3.8) is 0 Å². The summed E-state index contributed by atoms with van der Waals surface area (Å²) in [5.41, 5.74) is 1.69. The number of halogens is 2. The van der Waals surface area contributed by atoms with E-state index in [2.05, 4.69) is 5.32 Å². The molecule has 2 N–H and O–H groups in total. The van der Waals surface area contributed by atoms with Crippen molar-refractivity contribution in [2.45, 2.75) is 13.0 Å². The number of phenols is 1. The number of hydrogen-bond acceptors (Lipinski definition) is 2. The molecule has 0 amide bonds. The Hall–Kier alpha value is -1.58. The Kier molecular flexibility index (Phi) is 4.77. The summed E-state index contributed by atoms with van der Waals surface area (Å²) in [6.45, 7) is 1.31. The minimum absolute atomic E-state index is 0.0803. The first-order valence-electron chi connectivity index (χ1n) is 6.08. The third kappa shape index (κ3) is 3.94. The Morgan fingerprint density at radius 3 is 2.68 bits per heavy atom. The van der Waals surface area contributed by atoms with Crippen LogP contribution in [0.4, 0.5) is 4.39 Å². The van der Waals surface area contributed by atoms with E-state index in [0.29, 0.717) is 30.1 Å². The molecule has 2 nitrogen and oxygen atoms in total. The average Bonchev–Trinajstić information content (AvgIpc) is 2.40. The maximum Gasteiger partial charge on any atom is 0.134 e. The number of hydrogen-bond donors (Lipinski definition) is 2. The summed E-state index contributed by atoms with van der Waals surface area (Å²) in [7, 11) is 0. The molecular weight excluding hydrogens is 265 g/mol. The van der Waals surface area contributed by atoms with Gasteiger partial charge < -0.3 is 10.4 Å². The molecule has 0 unspecified atom stereocenters. The summed E-state index contributed by atoms with van der Waals surface area (Å²) < 4.78 is 13.4. The Morgan fingerprint density at radius 2 is 1.95 bits per heavy atom. The quantitative estimate of drug-likeness (QED) is 0.821. The van der Waals surface area contributed by atoms with E-state index in [4.69, 9.17) is 11.6 Å². The highest BCUT2D eigenvalue weighted by Crippen LogP contribution is 2.23. The lowest BCUT2D eigenvalue weighted by Crippen LogP contribution is -2.17. The van der Waals surface area contributed by atoms with Gasteiger partial charge in [-0.1, -0.05) is 35.9 Å². The third-order valence-corrected chi connectivity index (χ3v) is 3.17. The van der Waals surface area contributed by atoms with Crippen LogP contribution in [-0.4, -0.2) is 11.7 Å². The van der Waals surface area contributed by atoms with Crippen molar-refractivity contribution in [3.8, 4) is 5.75 Å². The topological polar surface area (TPSA) is 32.3 Å². The first kappa shape index (κ1) is 13.8. The molecule has 0 saturated carbocycles. The fraction of sp³-hybridized carbons (Fsp3) is 0.200. The van der Waals surface area contributed by atoms with Crippen molar-refractivity contribution in [2.75, 3.05) is 6.54 Å². The number of rotatable bonds is 5. The van der Waals surface area contributed by atoms with E-state index < -0.39 is 0 Å². The van der Waals surface area contributed by atoms with Crippen molar-refractivity contribution in [3.05, 3.63) is 64.4 Å². The fourth-order valence-electron chi connectivity index (χ4n) is 1.82. The van der Waals surface area contributed by atoms with Crippen LogP contribution in [0.15, 0.2) is 42.5 Å². The van der Waals surface area contributed by atoms with Crippen LogP contribution in [-0.2, 0) is 13.0 Å². The van der Waals surface area contributed by atoms with Crippen LogP contribution in [0.2, 0.25) is 5.02 Å². The zero-order valence-electron chi connectivity index (χ0n) is 10.4. The maximum atomic E-state index is 13.4. The number of nitrogens with one attached hydrogen (secondary N) is 1. The predicted molar refractivity (Wildman–Crippen MR) is 74.9 cm³/mol. The van der Waals surface area contributed by atoms with Gasteiger partial charge in [0, 0.05) is 6.54 Å². The normalized spacial score (nSPS) is 10.6. The molecule has 0 aromatic heterocycles. The van der Waals surface area contributed by atoms with E-state index in [1.807, 2.05) is 6.07 Å². The molecular formula is C15H15ClFNO. The van der Waals surface area contributed by atoms with Gasteiger partial charge in [0.1, 0.15) is 11.6 Å². The van der Waals surface area contributed by atoms with Gasteiger partial charge in [-0.25, -0.2) is 4.39 Å². The van der Waals surface area contributed by atoms with Crippen molar-refractivity contribution in [1.82, 2.24) is 5.32 Å². The molecule has 0 bridgehead atoms. The Balaban J connectivity index is 1.81. The van der Waals surface area contributed by atoms with Crippen LogP contribution in [0.5, 0.6) is 5.75 Å². The van der Waals surface area contributed by atoms with E-state index in [0.717, 1.165) is 5.56 Å². The SMILES string of the molecule is Oc1ccc(CNCCc2ccccc2F)cc1Cl. The lowest BCUT2D eigenvalue weighted by Gasteiger charge is -2.07. The molecule has 100 valence electrons. The highest BCUT2D eigenvalue weighted by atomic mass is 35.5. The number of benzene rings is 2. The van der Waals surface area contributed by atoms with Crippen molar-refractivity contribution < 1.29 is 9.50 Å². The molecule has 4 heteroatoms. The number of phenolic OH excluding ortho intramolecular Hbond substituents is 1. The van der Waals surface area contributed by atoms with Crippen LogP contribution >= 0.6 is 11.6 Å². The lowest BCUT2D eigenvalue weighted by molar-refractivity contribution is 0.475. The average molecular weight is 280 g/mol. The van der Waals surface area contributed by atoms with Gasteiger partial charge in [-0.3, -0.25) is 0 Å². The van der Waals surface area contributed by atoms with Gasteiger partial charge >= 0.3 is 0 Å². The van der Waals surface area contributed by atoms with Gasteiger partial charge in [-0.2, -0.15) is 0 Å². The molecule has 0 aliphatic rings. The van der Waals surface area contributed by atoms with Gasteiger partial charge in [-0.05, 0) is 42.3 Å². The monoisotopic (exact) mass is 279 g/mol. The molecule has 0 atom stereocenters. The smallest absolute Gasteiger partial charge is 0.134 e. The molecule has 2 rings (SSSR count). The summed E-state index contributed by atoms with van der Waals surface area (Å²) in [6.07, 6.45) is 0.637. The Labute approximate surface area is 116 Å². The molecule has 0 spiro atoms. The Morgan fingerprint density at radius 1 is 1.16 bits per heavy atom. The zero-order chi connectivity index (χ0) is 13.7. The number of aromatic hydroxyl groups is 1. The molecule has 2 aromatic carbocycles. The predicted octanol–water partition coefficient (Wildman–Crippen LogP) is 3.52. The molecule has 2 aromatic rings. The second kappa shape index (κ2) is 6.55. The highest BCUT2D eigenvalue weighted by molar-refractivity contribution is 6.32. The van der Waals surface area contributed by atoms with Gasteiger partial charge in [-0.15, -0.1) is 0 Å². The minimum Gasteiger partial charge on any atom is -0.506 e. The molecule has 0 aliphatic carbocycles. The van der Waals surface area contributed by atoms with Gasteiger partial charge in [0.2, 0.25) is 0 Å². The zero-order valence-corrected chi connectivity index (χ0v) is 11.1. The molecule has 19 heavy (non-hydrogen) atoms. The molecule has 0 radical (unpaired) electrons. The van der Waals surface area contributed by atoms with E-state index in [1.165, 1.54) is 6.07 Å². The fourth-order valence-corrected chi connectivity index (χ4v) is 2.02. The van der Waals surface area contributed by atoms with E-state index >= 15 is 0 Å². The second-order valence-corrected chi connectivity index (χ2v) is 4.71. The first-order chi connectivity index (χ1) is 9.16. The van der Waals surface area contributed by atoms with Crippen LogP contribution < -0.4 is 5.32 Å². The van der Waals surface area contributed by atoms with Gasteiger partial charge in [0.25, 0.3) is 0 Å². The van der Waals surface area contributed by atoms with Crippen LogP contribution in [0.25, 0.3) is 0 Å². The van der Waals surface area contributed by atoms with Crippen molar-refractivity contribution >= 4 is 11.6 Å². The third-order valence-electron chi connectivity index (χ3n) is 2.87. The van der Waals surface area contributed by atoms with E-state index in [1.54, 1.807) is 30.3 Å². The highest BCUT2D eigenvalue weighted by Gasteiger charge is 2.01. The summed E-state index contributed by atoms with van der Waals surface area (Å²) in [5, 5.41) is 12.9. The maximum absolute atomic E-state index is 13.4. The van der Waals surface area contributed by atoms with Crippen molar-refractivity contribution in [2.24, 2.45) is 0 Å². The summed E-state index contributed by atoms with van der Waals surface area (Å²) in [6, 6.07) is 11.9. The summed E-state index contributed by atoms with van der Waals surface area (Å²) >= 11 is 5.82.